The fraction of sp³-hybridized carbons (Fsp3) is 0.353. The van der Waals surface area contributed by atoms with Crippen molar-refractivity contribution in [3.8, 4) is 0 Å². The van der Waals surface area contributed by atoms with Crippen molar-refractivity contribution in [1.29, 1.82) is 0 Å². The van der Waals surface area contributed by atoms with Gasteiger partial charge in [0, 0.05) is 41.8 Å². The second kappa shape index (κ2) is 5.04. The lowest BCUT2D eigenvalue weighted by Gasteiger charge is -2.15. The Balaban J connectivity index is 1.50. The SMILES string of the molecule is Cc1cn[nH]c1[C@@H]1CCN(Cc2c[nH]c3ccccc23)C1. The average Bonchev–Trinajstić information content (AvgIpc) is 3.20. The second-order valence-corrected chi connectivity index (χ2v) is 6.05. The van der Waals surface area contributed by atoms with E-state index in [2.05, 4.69) is 57.5 Å². The Kier molecular flexibility index (Phi) is 3.04. The van der Waals surface area contributed by atoms with Crippen LogP contribution >= 0.6 is 0 Å². The minimum Gasteiger partial charge on any atom is -0.361 e. The maximum absolute atomic E-state index is 4.16. The van der Waals surface area contributed by atoms with Crippen LogP contribution in [0.3, 0.4) is 0 Å². The van der Waals surface area contributed by atoms with E-state index < -0.39 is 0 Å². The number of hydrogen-bond acceptors (Lipinski definition) is 2. The Morgan fingerprint density at radius 3 is 3.10 bits per heavy atom. The highest BCUT2D eigenvalue weighted by molar-refractivity contribution is 5.82. The number of fused-ring (bicyclic) bond motifs is 1. The first-order valence-corrected chi connectivity index (χ1v) is 7.58. The zero-order valence-electron chi connectivity index (χ0n) is 12.3. The van der Waals surface area contributed by atoms with Crippen LogP contribution in [0.4, 0.5) is 0 Å². The van der Waals surface area contributed by atoms with Crippen LogP contribution in [-0.4, -0.2) is 33.2 Å². The Morgan fingerprint density at radius 1 is 1.33 bits per heavy atom. The maximum atomic E-state index is 4.16. The Hall–Kier alpha value is -2.07. The summed E-state index contributed by atoms with van der Waals surface area (Å²) < 4.78 is 0. The molecule has 2 aromatic heterocycles. The number of nitrogens with zero attached hydrogens (tertiary/aromatic N) is 2. The van der Waals surface area contributed by atoms with Gasteiger partial charge in [0.2, 0.25) is 0 Å². The molecule has 21 heavy (non-hydrogen) atoms. The first-order chi connectivity index (χ1) is 10.3. The smallest absolute Gasteiger partial charge is 0.0519 e. The maximum Gasteiger partial charge on any atom is 0.0519 e. The van der Waals surface area contributed by atoms with Crippen LogP contribution < -0.4 is 0 Å². The minimum atomic E-state index is 0.595. The van der Waals surface area contributed by atoms with Gasteiger partial charge in [-0.05, 0) is 37.1 Å². The van der Waals surface area contributed by atoms with Gasteiger partial charge in [0.25, 0.3) is 0 Å². The molecule has 4 nitrogen and oxygen atoms in total. The molecule has 3 heterocycles. The molecule has 0 amide bonds. The van der Waals surface area contributed by atoms with Gasteiger partial charge < -0.3 is 4.98 Å². The molecule has 0 saturated carbocycles. The Morgan fingerprint density at radius 2 is 2.24 bits per heavy atom. The van der Waals surface area contributed by atoms with Crippen molar-refractivity contribution in [1.82, 2.24) is 20.1 Å². The number of hydrogen-bond donors (Lipinski definition) is 2. The van der Waals surface area contributed by atoms with Crippen LogP contribution in [0, 0.1) is 6.92 Å². The van der Waals surface area contributed by atoms with Crippen molar-refractivity contribution in [2.24, 2.45) is 0 Å². The molecule has 1 saturated heterocycles. The lowest BCUT2D eigenvalue weighted by Crippen LogP contribution is -2.19. The second-order valence-electron chi connectivity index (χ2n) is 6.05. The Labute approximate surface area is 124 Å². The van der Waals surface area contributed by atoms with E-state index in [4.69, 9.17) is 0 Å². The number of likely N-dealkylation sites (tertiary alicyclic amines) is 1. The molecule has 4 heteroatoms. The third kappa shape index (κ3) is 2.25. The van der Waals surface area contributed by atoms with Gasteiger partial charge in [0.1, 0.15) is 0 Å². The summed E-state index contributed by atoms with van der Waals surface area (Å²) in [6.45, 7) is 5.43. The Bertz CT molecular complexity index is 755. The van der Waals surface area contributed by atoms with Crippen LogP contribution in [-0.2, 0) is 6.54 Å². The van der Waals surface area contributed by atoms with Crippen molar-refractivity contribution in [3.05, 3.63) is 53.5 Å². The van der Waals surface area contributed by atoms with Crippen LogP contribution in [0.25, 0.3) is 10.9 Å². The molecule has 4 rings (SSSR count). The average molecular weight is 280 g/mol. The molecule has 0 aliphatic carbocycles. The summed E-state index contributed by atoms with van der Waals surface area (Å²) in [5.74, 6) is 0.595. The molecular formula is C17H20N4. The number of rotatable bonds is 3. The number of nitrogens with one attached hydrogen (secondary N) is 2. The molecule has 1 aliphatic heterocycles. The molecular weight excluding hydrogens is 260 g/mol. The summed E-state index contributed by atoms with van der Waals surface area (Å²) >= 11 is 0. The highest BCUT2D eigenvalue weighted by atomic mass is 15.2. The molecule has 1 fully saturated rings. The van der Waals surface area contributed by atoms with E-state index >= 15 is 0 Å². The monoisotopic (exact) mass is 280 g/mol. The number of para-hydroxylation sites is 1. The van der Waals surface area contributed by atoms with E-state index in [0.717, 1.165) is 19.6 Å². The van der Waals surface area contributed by atoms with Gasteiger partial charge in [-0.15, -0.1) is 0 Å². The van der Waals surface area contributed by atoms with Crippen LogP contribution in [0.5, 0.6) is 0 Å². The fourth-order valence-corrected chi connectivity index (χ4v) is 3.48. The van der Waals surface area contributed by atoms with E-state index in [1.807, 2.05) is 6.20 Å². The molecule has 0 unspecified atom stereocenters. The fourth-order valence-electron chi connectivity index (χ4n) is 3.48. The molecule has 1 aromatic carbocycles. The summed E-state index contributed by atoms with van der Waals surface area (Å²) in [6, 6.07) is 8.53. The van der Waals surface area contributed by atoms with Gasteiger partial charge >= 0.3 is 0 Å². The highest BCUT2D eigenvalue weighted by Gasteiger charge is 2.26. The third-order valence-corrected chi connectivity index (χ3v) is 4.62. The first-order valence-electron chi connectivity index (χ1n) is 7.58. The number of aromatic amines is 2. The van der Waals surface area contributed by atoms with E-state index in [0.29, 0.717) is 5.92 Å². The van der Waals surface area contributed by atoms with Gasteiger partial charge in [-0.25, -0.2) is 0 Å². The van der Waals surface area contributed by atoms with E-state index in [1.165, 1.54) is 34.1 Å². The van der Waals surface area contributed by atoms with Gasteiger partial charge in [0.05, 0.1) is 6.20 Å². The molecule has 3 aromatic rings. The van der Waals surface area contributed by atoms with Crippen molar-refractivity contribution < 1.29 is 0 Å². The number of benzene rings is 1. The zero-order chi connectivity index (χ0) is 14.2. The zero-order valence-corrected chi connectivity index (χ0v) is 12.3. The van der Waals surface area contributed by atoms with Crippen LogP contribution in [0.15, 0.2) is 36.7 Å². The summed E-state index contributed by atoms with van der Waals surface area (Å²) in [6.07, 6.45) is 5.29. The van der Waals surface area contributed by atoms with E-state index in [9.17, 15) is 0 Å². The van der Waals surface area contributed by atoms with Crippen LogP contribution in [0.1, 0.15) is 29.2 Å². The summed E-state index contributed by atoms with van der Waals surface area (Å²) in [5, 5.41) is 8.68. The molecule has 0 spiro atoms. The van der Waals surface area contributed by atoms with Crippen LogP contribution in [0.2, 0.25) is 0 Å². The third-order valence-electron chi connectivity index (χ3n) is 4.62. The molecule has 0 radical (unpaired) electrons. The van der Waals surface area contributed by atoms with E-state index in [-0.39, 0.29) is 0 Å². The minimum absolute atomic E-state index is 0.595. The standard InChI is InChI=1S/C17H20N4/c1-12-8-19-20-17(12)13-6-7-21(10-13)11-14-9-18-16-5-3-2-4-15(14)16/h2-5,8-9,13,18H,6-7,10-11H2,1H3,(H,19,20)/t13-/m1/s1. The van der Waals surface area contributed by atoms with E-state index in [1.54, 1.807) is 0 Å². The number of aromatic nitrogens is 3. The van der Waals surface area contributed by atoms with Gasteiger partial charge in [-0.1, -0.05) is 18.2 Å². The van der Waals surface area contributed by atoms with Crippen molar-refractivity contribution >= 4 is 10.9 Å². The topological polar surface area (TPSA) is 47.7 Å². The molecule has 2 N–H and O–H groups in total. The summed E-state index contributed by atoms with van der Waals surface area (Å²) in [4.78, 5) is 5.91. The van der Waals surface area contributed by atoms with Crippen molar-refractivity contribution in [2.75, 3.05) is 13.1 Å². The van der Waals surface area contributed by atoms with Gasteiger partial charge in [-0.2, -0.15) is 5.10 Å². The van der Waals surface area contributed by atoms with Crippen molar-refractivity contribution in [3.63, 3.8) is 0 Å². The largest absolute Gasteiger partial charge is 0.361 e. The van der Waals surface area contributed by atoms with Crippen molar-refractivity contribution in [2.45, 2.75) is 25.8 Å². The lowest BCUT2D eigenvalue weighted by molar-refractivity contribution is 0.327. The lowest BCUT2D eigenvalue weighted by atomic mass is 10.0. The first kappa shape index (κ1) is 12.7. The predicted molar refractivity (Wildman–Crippen MR) is 84.3 cm³/mol. The molecule has 1 atom stereocenters. The quantitative estimate of drug-likeness (QED) is 0.774. The highest BCUT2D eigenvalue weighted by Crippen LogP contribution is 2.29. The normalized spacial score (nSPS) is 19.6. The van der Waals surface area contributed by atoms with Gasteiger partial charge in [-0.3, -0.25) is 10.00 Å². The summed E-state index contributed by atoms with van der Waals surface area (Å²) in [7, 11) is 0. The molecule has 1 aliphatic rings. The number of H-pyrrole nitrogens is 2. The summed E-state index contributed by atoms with van der Waals surface area (Å²) in [5.41, 5.74) is 5.23. The number of aryl methyl sites for hydroxylation is 1. The predicted octanol–water partition coefficient (Wildman–Crippen LogP) is 3.19. The van der Waals surface area contributed by atoms with Gasteiger partial charge in [0.15, 0.2) is 0 Å². The molecule has 108 valence electrons. The molecule has 0 bridgehead atoms.